The van der Waals surface area contributed by atoms with E-state index in [9.17, 15) is 9.90 Å². The van der Waals surface area contributed by atoms with E-state index in [4.69, 9.17) is 0 Å². The molecule has 6 nitrogen and oxygen atoms in total. The van der Waals surface area contributed by atoms with E-state index in [0.29, 0.717) is 5.69 Å². The lowest BCUT2D eigenvalue weighted by Crippen LogP contribution is -2.00. The van der Waals surface area contributed by atoms with Crippen molar-refractivity contribution in [2.24, 2.45) is 14.1 Å². The molecule has 0 aliphatic carbocycles. The molecule has 3 rings (SSSR count). The number of fused-ring (bicyclic) bond motifs is 1. The van der Waals surface area contributed by atoms with Crippen molar-refractivity contribution in [3.63, 3.8) is 0 Å². The van der Waals surface area contributed by atoms with Gasteiger partial charge in [0.2, 0.25) is 0 Å². The van der Waals surface area contributed by atoms with Crippen LogP contribution in [-0.2, 0) is 14.1 Å². The molecule has 0 aliphatic heterocycles. The highest BCUT2D eigenvalue weighted by atomic mass is 16.4. The van der Waals surface area contributed by atoms with Gasteiger partial charge in [0.15, 0.2) is 5.69 Å². The van der Waals surface area contributed by atoms with Gasteiger partial charge in [-0.2, -0.15) is 9.90 Å². The Hall–Kier alpha value is -2.63. The number of benzene rings is 1. The van der Waals surface area contributed by atoms with E-state index >= 15 is 0 Å². The summed E-state index contributed by atoms with van der Waals surface area (Å²) in [6.07, 6.45) is 1.88. The van der Waals surface area contributed by atoms with Gasteiger partial charge in [-0.15, -0.1) is 5.10 Å². The standard InChI is InChI=1S/C13H12N4O2/c1-16-7-9(8-5-3-4-6-10(8)16)11-12(13(18)19)15-17(2)14-11/h3-7H,1-2H3,(H,18,19). The van der Waals surface area contributed by atoms with Crippen molar-refractivity contribution in [1.82, 2.24) is 19.6 Å². The van der Waals surface area contributed by atoms with Gasteiger partial charge in [-0.05, 0) is 6.07 Å². The predicted molar refractivity (Wildman–Crippen MR) is 69.9 cm³/mol. The van der Waals surface area contributed by atoms with E-state index in [1.165, 1.54) is 4.80 Å². The van der Waals surface area contributed by atoms with Crippen LogP contribution in [0.5, 0.6) is 0 Å². The molecule has 2 heterocycles. The van der Waals surface area contributed by atoms with Crippen LogP contribution in [0.1, 0.15) is 10.5 Å². The number of hydrogen-bond donors (Lipinski definition) is 1. The second kappa shape index (κ2) is 3.94. The van der Waals surface area contributed by atoms with E-state index in [2.05, 4.69) is 10.2 Å². The molecule has 1 N–H and O–H groups in total. The van der Waals surface area contributed by atoms with Crippen molar-refractivity contribution in [1.29, 1.82) is 0 Å². The van der Waals surface area contributed by atoms with Gasteiger partial charge >= 0.3 is 5.97 Å². The fourth-order valence-electron chi connectivity index (χ4n) is 2.26. The number of carbonyl (C=O) groups is 1. The molecule has 0 radical (unpaired) electrons. The van der Waals surface area contributed by atoms with Gasteiger partial charge in [-0.3, -0.25) is 0 Å². The lowest BCUT2D eigenvalue weighted by atomic mass is 10.1. The molecule has 3 aromatic rings. The number of para-hydroxylation sites is 1. The summed E-state index contributed by atoms with van der Waals surface area (Å²) in [4.78, 5) is 12.5. The Labute approximate surface area is 108 Å². The molecule has 0 spiro atoms. The molecule has 96 valence electrons. The lowest BCUT2D eigenvalue weighted by molar-refractivity contribution is 0.0690. The normalized spacial score (nSPS) is 11.1. The minimum absolute atomic E-state index is 0.0288. The maximum atomic E-state index is 11.2. The Morgan fingerprint density at radius 2 is 1.95 bits per heavy atom. The number of hydrogen-bond acceptors (Lipinski definition) is 3. The third-order valence-corrected chi connectivity index (χ3v) is 3.07. The Morgan fingerprint density at radius 1 is 1.21 bits per heavy atom. The van der Waals surface area contributed by atoms with Crippen molar-refractivity contribution in [2.45, 2.75) is 0 Å². The van der Waals surface area contributed by atoms with E-state index in [1.807, 2.05) is 42.1 Å². The van der Waals surface area contributed by atoms with Crippen LogP contribution in [0, 0.1) is 0 Å². The Kier molecular flexibility index (Phi) is 2.38. The summed E-state index contributed by atoms with van der Waals surface area (Å²) >= 11 is 0. The largest absolute Gasteiger partial charge is 0.476 e. The first-order valence-corrected chi connectivity index (χ1v) is 5.77. The summed E-state index contributed by atoms with van der Waals surface area (Å²) in [6, 6.07) is 7.80. The molecule has 0 amide bonds. The van der Waals surface area contributed by atoms with Crippen LogP contribution in [0.25, 0.3) is 22.2 Å². The average molecular weight is 256 g/mol. The van der Waals surface area contributed by atoms with Crippen LogP contribution < -0.4 is 0 Å². The smallest absolute Gasteiger partial charge is 0.358 e. The van der Waals surface area contributed by atoms with E-state index in [-0.39, 0.29) is 5.69 Å². The monoisotopic (exact) mass is 256 g/mol. The molecule has 0 fully saturated rings. The van der Waals surface area contributed by atoms with E-state index in [0.717, 1.165) is 16.5 Å². The fraction of sp³-hybridized carbons (Fsp3) is 0.154. The molecule has 6 heteroatoms. The van der Waals surface area contributed by atoms with Crippen LogP contribution in [0.2, 0.25) is 0 Å². The molecule has 0 bridgehead atoms. The Balaban J connectivity index is 2.34. The highest BCUT2D eigenvalue weighted by Crippen LogP contribution is 2.30. The Bertz CT molecular complexity index is 785. The van der Waals surface area contributed by atoms with Gasteiger partial charge in [0.05, 0.1) is 0 Å². The van der Waals surface area contributed by atoms with Gasteiger partial charge < -0.3 is 9.67 Å². The van der Waals surface area contributed by atoms with Gasteiger partial charge in [0.25, 0.3) is 0 Å². The van der Waals surface area contributed by atoms with Crippen LogP contribution in [0.4, 0.5) is 0 Å². The van der Waals surface area contributed by atoms with Crippen molar-refractivity contribution in [3.05, 3.63) is 36.2 Å². The minimum Gasteiger partial charge on any atom is -0.476 e. The summed E-state index contributed by atoms with van der Waals surface area (Å²) in [7, 11) is 3.53. The van der Waals surface area contributed by atoms with Crippen molar-refractivity contribution in [3.8, 4) is 11.3 Å². The maximum Gasteiger partial charge on any atom is 0.358 e. The van der Waals surface area contributed by atoms with Crippen LogP contribution in [0.3, 0.4) is 0 Å². The van der Waals surface area contributed by atoms with E-state index < -0.39 is 5.97 Å². The second-order valence-electron chi connectivity index (χ2n) is 4.36. The number of carboxylic acid groups (broad SMARTS) is 1. The van der Waals surface area contributed by atoms with Crippen molar-refractivity contribution >= 4 is 16.9 Å². The number of nitrogens with zero attached hydrogens (tertiary/aromatic N) is 4. The van der Waals surface area contributed by atoms with Crippen LogP contribution in [-0.4, -0.2) is 30.6 Å². The van der Waals surface area contributed by atoms with Gasteiger partial charge in [0.1, 0.15) is 5.69 Å². The third kappa shape index (κ3) is 1.69. The third-order valence-electron chi connectivity index (χ3n) is 3.07. The number of aryl methyl sites for hydroxylation is 2. The molecule has 1 aromatic carbocycles. The first-order valence-electron chi connectivity index (χ1n) is 5.77. The molecule has 0 saturated heterocycles. The number of carboxylic acids is 1. The molecule has 0 atom stereocenters. The van der Waals surface area contributed by atoms with E-state index in [1.54, 1.807) is 7.05 Å². The highest BCUT2D eigenvalue weighted by Gasteiger charge is 2.21. The predicted octanol–water partition coefficient (Wildman–Crippen LogP) is 1.67. The molecular weight excluding hydrogens is 244 g/mol. The zero-order valence-electron chi connectivity index (χ0n) is 10.5. The molecular formula is C13H12N4O2. The summed E-state index contributed by atoms with van der Waals surface area (Å²) in [5, 5.41) is 18.2. The summed E-state index contributed by atoms with van der Waals surface area (Å²) in [6.45, 7) is 0. The molecule has 0 saturated carbocycles. The second-order valence-corrected chi connectivity index (χ2v) is 4.36. The molecule has 2 aromatic heterocycles. The quantitative estimate of drug-likeness (QED) is 0.757. The zero-order chi connectivity index (χ0) is 13.6. The maximum absolute atomic E-state index is 11.2. The summed E-state index contributed by atoms with van der Waals surface area (Å²) in [5.74, 6) is -1.07. The van der Waals surface area contributed by atoms with Gasteiger partial charge in [-0.25, -0.2) is 4.79 Å². The minimum atomic E-state index is -1.07. The first-order chi connectivity index (χ1) is 9.08. The van der Waals surface area contributed by atoms with Crippen molar-refractivity contribution < 1.29 is 9.90 Å². The fourth-order valence-corrected chi connectivity index (χ4v) is 2.26. The van der Waals surface area contributed by atoms with Gasteiger partial charge in [0, 0.05) is 36.8 Å². The lowest BCUT2D eigenvalue weighted by Gasteiger charge is -1.95. The number of aromatic nitrogens is 4. The molecule has 19 heavy (non-hydrogen) atoms. The number of aromatic carboxylic acids is 1. The first kappa shape index (κ1) is 11.5. The van der Waals surface area contributed by atoms with Crippen LogP contribution in [0.15, 0.2) is 30.5 Å². The number of rotatable bonds is 2. The molecule has 0 aliphatic rings. The molecule has 0 unspecified atom stereocenters. The SMILES string of the molecule is Cn1nc(C(=O)O)c(-c2cn(C)c3ccccc23)n1. The highest BCUT2D eigenvalue weighted by molar-refractivity contribution is 6.01. The topological polar surface area (TPSA) is 72.9 Å². The van der Waals surface area contributed by atoms with Crippen LogP contribution >= 0.6 is 0 Å². The summed E-state index contributed by atoms with van der Waals surface area (Å²) in [5.41, 5.74) is 2.17. The summed E-state index contributed by atoms with van der Waals surface area (Å²) < 4.78 is 1.95. The van der Waals surface area contributed by atoms with Gasteiger partial charge in [-0.1, -0.05) is 18.2 Å². The Morgan fingerprint density at radius 3 is 2.68 bits per heavy atom. The zero-order valence-corrected chi connectivity index (χ0v) is 10.5. The van der Waals surface area contributed by atoms with Crippen molar-refractivity contribution in [2.75, 3.05) is 0 Å². The average Bonchev–Trinajstić information content (AvgIpc) is 2.91.